The van der Waals surface area contributed by atoms with Gasteiger partial charge in [-0.15, -0.1) is 0 Å². The van der Waals surface area contributed by atoms with Crippen LogP contribution in [0.15, 0.2) is 16.6 Å². The molecule has 0 aromatic heterocycles. The van der Waals surface area contributed by atoms with Crippen LogP contribution in [0, 0.1) is 0 Å². The van der Waals surface area contributed by atoms with Crippen molar-refractivity contribution in [3.63, 3.8) is 0 Å². The Labute approximate surface area is 82.5 Å². The minimum atomic E-state index is -1.10. The van der Waals surface area contributed by atoms with Crippen molar-refractivity contribution in [2.45, 2.75) is 6.67 Å². The number of alkyl halides is 1. The monoisotopic (exact) mass is 247 g/mol. The molecular weight excluding hydrogens is 241 g/mol. The molecule has 0 fully saturated rings. The van der Waals surface area contributed by atoms with Gasteiger partial charge >= 0.3 is 5.97 Å². The third-order valence-corrected chi connectivity index (χ3v) is 2.26. The molecule has 0 saturated carbocycles. The number of anilines is 1. The number of halogens is 2. The second-order valence-corrected chi connectivity index (χ2v) is 3.32. The van der Waals surface area contributed by atoms with Crippen molar-refractivity contribution in [3.05, 3.63) is 27.7 Å². The van der Waals surface area contributed by atoms with Gasteiger partial charge in [0.25, 0.3) is 0 Å². The Morgan fingerprint density at radius 3 is 2.69 bits per heavy atom. The molecule has 3 nitrogen and oxygen atoms in total. The fourth-order valence-corrected chi connectivity index (χ4v) is 1.41. The Hall–Kier alpha value is -1.10. The van der Waals surface area contributed by atoms with Crippen molar-refractivity contribution in [3.8, 4) is 0 Å². The molecule has 0 heterocycles. The van der Waals surface area contributed by atoms with Crippen molar-refractivity contribution in [2.24, 2.45) is 0 Å². The Morgan fingerprint density at radius 2 is 2.23 bits per heavy atom. The molecule has 0 amide bonds. The summed E-state index contributed by atoms with van der Waals surface area (Å²) >= 11 is 3.05. The van der Waals surface area contributed by atoms with Crippen LogP contribution < -0.4 is 5.73 Å². The lowest BCUT2D eigenvalue weighted by molar-refractivity contribution is 0.0696. The molecule has 1 aromatic carbocycles. The second kappa shape index (κ2) is 3.74. The number of hydrogen-bond acceptors (Lipinski definition) is 2. The molecule has 0 aliphatic heterocycles. The van der Waals surface area contributed by atoms with E-state index in [1.807, 2.05) is 0 Å². The largest absolute Gasteiger partial charge is 0.478 e. The van der Waals surface area contributed by atoms with Crippen molar-refractivity contribution in [1.82, 2.24) is 0 Å². The number of aromatic carboxylic acids is 1. The van der Waals surface area contributed by atoms with Crippen LogP contribution >= 0.6 is 15.9 Å². The number of hydrogen-bond donors (Lipinski definition) is 2. The van der Waals surface area contributed by atoms with Crippen molar-refractivity contribution >= 4 is 27.6 Å². The molecule has 0 saturated heterocycles. The second-order valence-electron chi connectivity index (χ2n) is 2.47. The fourth-order valence-electron chi connectivity index (χ4n) is 0.909. The number of rotatable bonds is 2. The van der Waals surface area contributed by atoms with Gasteiger partial charge in [0.15, 0.2) is 0 Å². The molecular formula is C8H7BrFNO2. The number of nitrogen functional groups attached to an aromatic ring is 1. The molecule has 0 unspecified atom stereocenters. The molecule has 0 spiro atoms. The Kier molecular flexibility index (Phi) is 2.87. The highest BCUT2D eigenvalue weighted by Gasteiger charge is 2.10. The maximum Gasteiger partial charge on any atom is 0.335 e. The number of carbonyl (C=O) groups is 1. The number of benzene rings is 1. The summed E-state index contributed by atoms with van der Waals surface area (Å²) < 4.78 is 12.7. The van der Waals surface area contributed by atoms with E-state index in [2.05, 4.69) is 15.9 Å². The van der Waals surface area contributed by atoms with Crippen molar-refractivity contribution in [1.29, 1.82) is 0 Å². The van der Waals surface area contributed by atoms with Crippen molar-refractivity contribution < 1.29 is 14.3 Å². The number of nitrogens with two attached hydrogens (primary N) is 1. The molecule has 0 aliphatic rings. The van der Waals surface area contributed by atoms with Crippen LogP contribution in [0.25, 0.3) is 0 Å². The summed E-state index contributed by atoms with van der Waals surface area (Å²) in [6.07, 6.45) is 0. The van der Waals surface area contributed by atoms with Gasteiger partial charge in [-0.2, -0.15) is 0 Å². The lowest BCUT2D eigenvalue weighted by atomic mass is 10.1. The molecule has 1 rings (SSSR count). The van der Waals surface area contributed by atoms with Gasteiger partial charge in [-0.1, -0.05) is 0 Å². The molecule has 0 radical (unpaired) electrons. The SMILES string of the molecule is Nc1c(Br)cc(C(=O)O)cc1CF. The van der Waals surface area contributed by atoms with Gasteiger partial charge in [-0.25, -0.2) is 9.18 Å². The molecule has 3 N–H and O–H groups in total. The quantitative estimate of drug-likeness (QED) is 0.788. The van der Waals surface area contributed by atoms with Gasteiger partial charge in [-0.3, -0.25) is 0 Å². The summed E-state index contributed by atoms with van der Waals surface area (Å²) in [4.78, 5) is 10.5. The Bertz CT molecular complexity index is 354. The topological polar surface area (TPSA) is 63.3 Å². The molecule has 0 aliphatic carbocycles. The molecule has 1 aromatic rings. The predicted octanol–water partition coefficient (Wildman–Crippen LogP) is 2.20. The first kappa shape index (κ1) is 9.98. The van der Waals surface area contributed by atoms with Crippen LogP contribution in [-0.2, 0) is 6.67 Å². The third-order valence-electron chi connectivity index (χ3n) is 1.61. The van der Waals surface area contributed by atoms with E-state index < -0.39 is 12.6 Å². The van der Waals surface area contributed by atoms with Gasteiger partial charge in [0.05, 0.1) is 11.3 Å². The first-order valence-electron chi connectivity index (χ1n) is 3.43. The fraction of sp³-hybridized carbons (Fsp3) is 0.125. The summed E-state index contributed by atoms with van der Waals surface area (Å²) in [5, 5.41) is 8.64. The van der Waals surface area contributed by atoms with Gasteiger partial charge in [0, 0.05) is 10.0 Å². The normalized spacial score (nSPS) is 10.0. The molecule has 0 atom stereocenters. The van der Waals surface area contributed by atoms with Crippen LogP contribution in [0.3, 0.4) is 0 Å². The third kappa shape index (κ3) is 1.98. The molecule has 0 bridgehead atoms. The number of carboxylic acid groups (broad SMARTS) is 1. The van der Waals surface area contributed by atoms with Crippen LogP contribution in [0.5, 0.6) is 0 Å². The highest BCUT2D eigenvalue weighted by atomic mass is 79.9. The summed E-state index contributed by atoms with van der Waals surface area (Å²) in [6.45, 7) is -0.772. The lowest BCUT2D eigenvalue weighted by Gasteiger charge is -2.05. The van der Waals surface area contributed by atoms with E-state index in [0.29, 0.717) is 4.47 Å². The van der Waals surface area contributed by atoms with Gasteiger partial charge < -0.3 is 10.8 Å². The molecule has 13 heavy (non-hydrogen) atoms. The smallest absolute Gasteiger partial charge is 0.335 e. The Balaban J connectivity index is 3.30. The molecule has 70 valence electrons. The van der Waals surface area contributed by atoms with E-state index in [0.717, 1.165) is 0 Å². The standard InChI is InChI=1S/C8H7BrFNO2/c9-6-2-4(8(12)13)1-5(3-10)7(6)11/h1-2H,3,11H2,(H,12,13). The van der Waals surface area contributed by atoms with E-state index >= 15 is 0 Å². The summed E-state index contributed by atoms with van der Waals surface area (Å²) in [6, 6.07) is 2.57. The zero-order chi connectivity index (χ0) is 10.0. The minimum Gasteiger partial charge on any atom is -0.478 e. The zero-order valence-corrected chi connectivity index (χ0v) is 8.14. The first-order chi connectivity index (χ1) is 6.06. The van der Waals surface area contributed by atoms with E-state index in [9.17, 15) is 9.18 Å². The highest BCUT2D eigenvalue weighted by molar-refractivity contribution is 9.10. The highest BCUT2D eigenvalue weighted by Crippen LogP contribution is 2.26. The van der Waals surface area contributed by atoms with Gasteiger partial charge in [0.2, 0.25) is 0 Å². The van der Waals surface area contributed by atoms with Crippen molar-refractivity contribution in [2.75, 3.05) is 5.73 Å². The maximum absolute atomic E-state index is 12.3. The van der Waals surface area contributed by atoms with E-state index in [1.54, 1.807) is 0 Å². The van der Waals surface area contributed by atoms with E-state index in [-0.39, 0.29) is 16.8 Å². The van der Waals surface area contributed by atoms with Gasteiger partial charge in [0.1, 0.15) is 6.67 Å². The minimum absolute atomic E-state index is 0.0220. The van der Waals surface area contributed by atoms with Gasteiger partial charge in [-0.05, 0) is 28.1 Å². The predicted molar refractivity (Wildman–Crippen MR) is 50.3 cm³/mol. The summed E-state index contributed by atoms with van der Waals surface area (Å²) in [5.74, 6) is -1.10. The van der Waals surface area contributed by atoms with Crippen LogP contribution in [0.4, 0.5) is 10.1 Å². The average Bonchev–Trinajstić information content (AvgIpc) is 2.09. The summed E-state index contributed by atoms with van der Waals surface area (Å²) in [7, 11) is 0. The maximum atomic E-state index is 12.3. The lowest BCUT2D eigenvalue weighted by Crippen LogP contribution is -2.01. The van der Waals surface area contributed by atoms with E-state index in [1.165, 1.54) is 12.1 Å². The zero-order valence-electron chi connectivity index (χ0n) is 6.55. The van der Waals surface area contributed by atoms with Crippen LogP contribution in [0.1, 0.15) is 15.9 Å². The number of carboxylic acids is 1. The van der Waals surface area contributed by atoms with Crippen LogP contribution in [-0.4, -0.2) is 11.1 Å². The Morgan fingerprint density at radius 1 is 1.62 bits per heavy atom. The molecule has 5 heteroatoms. The van der Waals surface area contributed by atoms with Crippen LogP contribution in [0.2, 0.25) is 0 Å². The average molecular weight is 248 g/mol. The van der Waals surface area contributed by atoms with E-state index in [4.69, 9.17) is 10.8 Å². The summed E-state index contributed by atoms with van der Waals surface area (Å²) in [5.41, 5.74) is 5.93. The first-order valence-corrected chi connectivity index (χ1v) is 4.22.